The van der Waals surface area contributed by atoms with Gasteiger partial charge in [0.2, 0.25) is 5.95 Å². The molecule has 0 spiro atoms. The summed E-state index contributed by atoms with van der Waals surface area (Å²) in [4.78, 5) is 18.4. The van der Waals surface area contributed by atoms with E-state index in [1.807, 2.05) is 12.1 Å². The molecule has 1 N–H and O–H groups in total. The summed E-state index contributed by atoms with van der Waals surface area (Å²) < 4.78 is 24.0. The van der Waals surface area contributed by atoms with E-state index in [1.54, 1.807) is 47.8 Å². The van der Waals surface area contributed by atoms with Gasteiger partial charge in [0.25, 0.3) is 0 Å². The molecule has 2 aliphatic heterocycles. The van der Waals surface area contributed by atoms with E-state index in [2.05, 4.69) is 47.7 Å². The maximum atomic E-state index is 12.1. The molecule has 1 saturated heterocycles. The number of rotatable bonds is 4. The Labute approximate surface area is 209 Å². The number of likely N-dealkylation sites (N-methyl/N-ethyl adjacent to an activating group) is 1. The van der Waals surface area contributed by atoms with Crippen molar-refractivity contribution < 1.29 is 8.95 Å². The van der Waals surface area contributed by atoms with Crippen LogP contribution >= 0.6 is 0 Å². The molecule has 0 amide bonds. The molecule has 12 heteroatoms. The highest BCUT2D eigenvalue weighted by molar-refractivity contribution is 7.92. The molecule has 0 bridgehead atoms. The van der Waals surface area contributed by atoms with Crippen molar-refractivity contribution in [3.05, 3.63) is 48.8 Å². The van der Waals surface area contributed by atoms with Gasteiger partial charge in [-0.15, -0.1) is 0 Å². The molecule has 36 heavy (non-hydrogen) atoms. The van der Waals surface area contributed by atoms with Gasteiger partial charge in [-0.1, -0.05) is 6.07 Å². The molecule has 0 aliphatic carbocycles. The Balaban J connectivity index is 1.29. The summed E-state index contributed by atoms with van der Waals surface area (Å²) in [6, 6.07) is 11.8. The third kappa shape index (κ3) is 4.44. The van der Waals surface area contributed by atoms with Gasteiger partial charge in [0.15, 0.2) is 17.3 Å². The first-order valence-corrected chi connectivity index (χ1v) is 14.0. The zero-order valence-corrected chi connectivity index (χ0v) is 21.1. The Kier molecular flexibility index (Phi) is 5.49. The summed E-state index contributed by atoms with van der Waals surface area (Å²) >= 11 is 0. The maximum absolute atomic E-state index is 12.1. The minimum Gasteiger partial charge on any atom is -0.489 e. The fraction of sp³-hybridized carbons (Fsp3) is 0.333. The summed E-state index contributed by atoms with van der Waals surface area (Å²) in [5, 5.41) is 8.50. The summed E-state index contributed by atoms with van der Waals surface area (Å²) in [6.07, 6.45) is 6.56. The predicted molar refractivity (Wildman–Crippen MR) is 140 cm³/mol. The topological polar surface area (TPSA) is 114 Å². The second-order valence-corrected chi connectivity index (χ2v) is 11.9. The molecule has 1 atom stereocenters. The maximum Gasteiger partial charge on any atom is 0.229 e. The molecule has 186 valence electrons. The average molecular weight is 506 g/mol. The van der Waals surface area contributed by atoms with Crippen LogP contribution in [0.3, 0.4) is 0 Å². The lowest BCUT2D eigenvalue weighted by Crippen LogP contribution is -2.56. The van der Waals surface area contributed by atoms with Crippen LogP contribution in [0.25, 0.3) is 16.9 Å². The second kappa shape index (κ2) is 8.71. The monoisotopic (exact) mass is 505 g/mol. The lowest BCUT2D eigenvalue weighted by atomic mass is 10.1. The fourth-order valence-corrected chi connectivity index (χ4v) is 5.13. The molecule has 6 rings (SSSR count). The number of anilines is 3. The number of aromatic nitrogens is 5. The third-order valence-electron chi connectivity index (χ3n) is 6.20. The van der Waals surface area contributed by atoms with Crippen LogP contribution in [0.2, 0.25) is 0 Å². The van der Waals surface area contributed by atoms with Crippen molar-refractivity contribution >= 4 is 43.9 Å². The lowest BCUT2D eigenvalue weighted by molar-refractivity contribution is 0.188. The Morgan fingerprint density at radius 2 is 2.03 bits per heavy atom. The van der Waals surface area contributed by atoms with Crippen LogP contribution in [0, 0.1) is 0 Å². The van der Waals surface area contributed by atoms with E-state index in [-0.39, 0.29) is 0 Å². The van der Waals surface area contributed by atoms with E-state index in [9.17, 15) is 4.21 Å². The van der Waals surface area contributed by atoms with Gasteiger partial charge < -0.3 is 19.9 Å². The number of hydrogen-bond donors (Lipinski definition) is 1. The molecule has 1 fully saturated rings. The third-order valence-corrected chi connectivity index (χ3v) is 6.83. The van der Waals surface area contributed by atoms with E-state index < -0.39 is 9.73 Å². The molecule has 2 aliphatic rings. The van der Waals surface area contributed by atoms with Crippen LogP contribution in [0.4, 0.5) is 23.1 Å². The molecular weight excluding hydrogens is 478 g/mol. The van der Waals surface area contributed by atoms with E-state index in [4.69, 9.17) is 9.72 Å². The number of pyridine rings is 1. The Morgan fingerprint density at radius 3 is 2.89 bits per heavy atom. The van der Waals surface area contributed by atoms with Crippen molar-refractivity contribution in [2.45, 2.75) is 6.04 Å². The first kappa shape index (κ1) is 22.7. The lowest BCUT2D eigenvalue weighted by Gasteiger charge is -2.44. The molecule has 11 nitrogen and oxygen atoms in total. The van der Waals surface area contributed by atoms with Crippen molar-refractivity contribution in [3.8, 4) is 11.6 Å². The summed E-state index contributed by atoms with van der Waals surface area (Å²) in [5.41, 5.74) is 2.56. The molecule has 3 aromatic heterocycles. The van der Waals surface area contributed by atoms with Gasteiger partial charge >= 0.3 is 0 Å². The van der Waals surface area contributed by atoms with E-state index in [0.29, 0.717) is 35.9 Å². The zero-order chi connectivity index (χ0) is 24.9. The molecule has 1 unspecified atom stereocenters. The SMILES string of the molecule is CN1CCN2c3ccc(Nc4ncc5cnn(-c6cccc(N=S(C)(C)=O)n6)c5n4)cc3OCC2C1. The molecule has 0 radical (unpaired) electrons. The van der Waals surface area contributed by atoms with Crippen LogP contribution in [-0.2, 0) is 9.73 Å². The largest absolute Gasteiger partial charge is 0.489 e. The standard InChI is InChI=1S/C24H27N9O2S/c1-31-9-10-32-18(14-31)15-35-20-11-17(7-8-19(20)32)27-24-25-12-16-13-26-33(23(16)29-24)22-6-4-5-21(28-22)30-36(2,3)34/h4-8,11-13,18H,9-10,14-15H2,1-3H3,(H,25,27,29). The van der Waals surface area contributed by atoms with Crippen molar-refractivity contribution in [1.29, 1.82) is 0 Å². The van der Waals surface area contributed by atoms with Gasteiger partial charge in [0.05, 0.1) is 23.3 Å². The number of nitrogens with zero attached hydrogens (tertiary/aromatic N) is 8. The van der Waals surface area contributed by atoms with Crippen LogP contribution in [0.1, 0.15) is 0 Å². The molecular formula is C24H27N9O2S. The number of piperazine rings is 1. The number of benzene rings is 1. The van der Waals surface area contributed by atoms with Gasteiger partial charge in [0.1, 0.15) is 12.4 Å². The van der Waals surface area contributed by atoms with Gasteiger partial charge in [0, 0.05) is 59.8 Å². The summed E-state index contributed by atoms with van der Waals surface area (Å²) in [6.45, 7) is 3.71. The predicted octanol–water partition coefficient (Wildman–Crippen LogP) is 2.83. The van der Waals surface area contributed by atoms with Gasteiger partial charge in [-0.25, -0.2) is 14.2 Å². The average Bonchev–Trinajstić information content (AvgIpc) is 3.26. The zero-order valence-electron chi connectivity index (χ0n) is 20.3. The fourth-order valence-electron chi connectivity index (χ4n) is 4.58. The van der Waals surface area contributed by atoms with E-state index >= 15 is 0 Å². The molecule has 4 aromatic rings. The van der Waals surface area contributed by atoms with Gasteiger partial charge in [-0.05, 0) is 31.3 Å². The quantitative estimate of drug-likeness (QED) is 0.447. The summed E-state index contributed by atoms with van der Waals surface area (Å²) in [5.74, 6) is 2.21. The minimum atomic E-state index is -2.33. The second-order valence-electron chi connectivity index (χ2n) is 9.38. The number of hydrogen-bond acceptors (Lipinski definition) is 10. The number of nitrogens with one attached hydrogen (secondary N) is 1. The normalized spacial score (nSPS) is 17.9. The van der Waals surface area contributed by atoms with Gasteiger partial charge in [-0.2, -0.15) is 19.1 Å². The first-order valence-electron chi connectivity index (χ1n) is 11.7. The Bertz CT molecular complexity index is 1570. The molecule has 0 saturated carbocycles. The highest BCUT2D eigenvalue weighted by Crippen LogP contribution is 2.37. The van der Waals surface area contributed by atoms with Crippen LogP contribution in [0.15, 0.2) is 53.2 Å². The van der Waals surface area contributed by atoms with Gasteiger partial charge in [-0.3, -0.25) is 0 Å². The Hall–Kier alpha value is -3.77. The summed E-state index contributed by atoms with van der Waals surface area (Å²) in [7, 11) is -0.179. The Morgan fingerprint density at radius 1 is 1.14 bits per heavy atom. The highest BCUT2D eigenvalue weighted by atomic mass is 32.2. The molecule has 5 heterocycles. The number of fused-ring (bicyclic) bond motifs is 4. The minimum absolute atomic E-state index is 0.377. The van der Waals surface area contributed by atoms with Crippen molar-refractivity contribution in [2.75, 3.05) is 56.0 Å². The van der Waals surface area contributed by atoms with E-state index in [1.165, 1.54) is 0 Å². The van der Waals surface area contributed by atoms with Crippen molar-refractivity contribution in [3.63, 3.8) is 0 Å². The van der Waals surface area contributed by atoms with Crippen LogP contribution in [0.5, 0.6) is 5.75 Å². The van der Waals surface area contributed by atoms with Crippen molar-refractivity contribution in [2.24, 2.45) is 4.36 Å². The smallest absolute Gasteiger partial charge is 0.229 e. The van der Waals surface area contributed by atoms with Crippen LogP contribution in [-0.4, -0.2) is 85.7 Å². The first-order chi connectivity index (χ1) is 17.3. The highest BCUT2D eigenvalue weighted by Gasteiger charge is 2.31. The van der Waals surface area contributed by atoms with Crippen LogP contribution < -0.4 is 15.0 Å². The van der Waals surface area contributed by atoms with E-state index in [0.717, 1.165) is 42.1 Å². The number of ether oxygens (including phenoxy) is 1. The molecule has 1 aromatic carbocycles. The van der Waals surface area contributed by atoms with Crippen molar-refractivity contribution in [1.82, 2.24) is 29.6 Å².